The molecule has 15 heavy (non-hydrogen) atoms. The van der Waals surface area contributed by atoms with Crippen LogP contribution in [-0.4, -0.2) is 9.97 Å². The van der Waals surface area contributed by atoms with Crippen LogP contribution in [0.4, 0.5) is 0 Å². The van der Waals surface area contributed by atoms with Gasteiger partial charge in [-0.05, 0) is 28.7 Å². The van der Waals surface area contributed by atoms with Crippen LogP contribution in [0.5, 0.6) is 0 Å². The second-order valence-electron chi connectivity index (χ2n) is 5.90. The van der Waals surface area contributed by atoms with Crippen LogP contribution in [0.25, 0.3) is 0 Å². The van der Waals surface area contributed by atoms with Gasteiger partial charge >= 0.3 is 0 Å². The highest BCUT2D eigenvalue weighted by Crippen LogP contribution is 2.25. The Morgan fingerprint density at radius 3 is 1.87 bits per heavy atom. The van der Waals surface area contributed by atoms with E-state index in [-0.39, 0.29) is 10.8 Å². The molecule has 1 aromatic heterocycles. The van der Waals surface area contributed by atoms with Gasteiger partial charge in [-0.15, -0.1) is 0 Å². The molecule has 0 spiro atoms. The van der Waals surface area contributed by atoms with Crippen LogP contribution in [0, 0.1) is 3.70 Å². The number of halogens is 1. The van der Waals surface area contributed by atoms with Gasteiger partial charge in [0.1, 0.15) is 9.53 Å². The van der Waals surface area contributed by atoms with Gasteiger partial charge in [0.25, 0.3) is 0 Å². The van der Waals surface area contributed by atoms with Crippen molar-refractivity contribution in [1.82, 2.24) is 9.97 Å². The van der Waals surface area contributed by atoms with E-state index in [1.807, 2.05) is 0 Å². The zero-order valence-corrected chi connectivity index (χ0v) is 12.5. The summed E-state index contributed by atoms with van der Waals surface area (Å²) in [7, 11) is 0. The summed E-state index contributed by atoms with van der Waals surface area (Å²) in [5.41, 5.74) is 1.22. The lowest BCUT2D eigenvalue weighted by molar-refractivity contribution is 0.511. The molecule has 0 saturated carbocycles. The van der Waals surface area contributed by atoms with Gasteiger partial charge in [0, 0.05) is 10.8 Å². The average molecular weight is 318 g/mol. The molecule has 0 saturated heterocycles. The molecule has 0 N–H and O–H groups in total. The highest BCUT2D eigenvalue weighted by molar-refractivity contribution is 14.1. The van der Waals surface area contributed by atoms with Crippen molar-refractivity contribution in [3.63, 3.8) is 0 Å². The van der Waals surface area contributed by atoms with Crippen LogP contribution in [0.15, 0.2) is 6.07 Å². The molecule has 84 valence electrons. The lowest BCUT2D eigenvalue weighted by atomic mass is 9.90. The minimum atomic E-state index is 0.0151. The molecule has 0 aromatic carbocycles. The van der Waals surface area contributed by atoms with Gasteiger partial charge in [0.05, 0.1) is 5.69 Å². The van der Waals surface area contributed by atoms with E-state index in [0.717, 1.165) is 15.2 Å². The minimum Gasteiger partial charge on any atom is -0.237 e. The van der Waals surface area contributed by atoms with E-state index in [0.29, 0.717) is 0 Å². The molecule has 1 aromatic rings. The zero-order valence-electron chi connectivity index (χ0n) is 10.3. The number of hydrogen-bond acceptors (Lipinski definition) is 2. The fourth-order valence-electron chi connectivity index (χ4n) is 1.14. The molecule has 1 heterocycles. The summed E-state index contributed by atoms with van der Waals surface area (Å²) in [6, 6.07) is 2.07. The number of rotatable bonds is 0. The second kappa shape index (κ2) is 4.00. The first-order valence-electron chi connectivity index (χ1n) is 5.16. The first kappa shape index (κ1) is 12.9. The molecule has 2 nitrogen and oxygen atoms in total. The lowest BCUT2D eigenvalue weighted by Crippen LogP contribution is -2.22. The first-order chi connectivity index (χ1) is 6.60. The van der Waals surface area contributed by atoms with E-state index in [9.17, 15) is 0 Å². The Bertz CT molecular complexity index is 327. The van der Waals surface area contributed by atoms with Crippen molar-refractivity contribution >= 4 is 22.6 Å². The van der Waals surface area contributed by atoms with Crippen LogP contribution in [-0.2, 0) is 10.8 Å². The van der Waals surface area contributed by atoms with Crippen molar-refractivity contribution in [1.29, 1.82) is 0 Å². The molecule has 1 rings (SSSR count). The molecule has 0 radical (unpaired) electrons. The van der Waals surface area contributed by atoms with Crippen molar-refractivity contribution < 1.29 is 0 Å². The van der Waals surface area contributed by atoms with E-state index in [4.69, 9.17) is 0 Å². The third-order valence-corrected chi connectivity index (χ3v) is 2.69. The van der Waals surface area contributed by atoms with Gasteiger partial charge in [0.2, 0.25) is 0 Å². The van der Waals surface area contributed by atoms with E-state index in [2.05, 4.69) is 80.2 Å². The largest absolute Gasteiger partial charge is 0.237 e. The molecule has 0 fully saturated rings. The van der Waals surface area contributed by atoms with E-state index in [1.54, 1.807) is 0 Å². The Balaban J connectivity index is 3.30. The summed E-state index contributed by atoms with van der Waals surface area (Å²) in [5.74, 6) is 0.930. The third-order valence-electron chi connectivity index (χ3n) is 2.13. The van der Waals surface area contributed by atoms with Gasteiger partial charge in [-0.2, -0.15) is 0 Å². The van der Waals surface area contributed by atoms with E-state index >= 15 is 0 Å². The average Bonchev–Trinajstić information content (AvgIpc) is 1.99. The molecule has 3 heteroatoms. The van der Waals surface area contributed by atoms with Crippen LogP contribution in [0.2, 0.25) is 0 Å². The predicted molar refractivity (Wildman–Crippen MR) is 72.1 cm³/mol. The maximum absolute atomic E-state index is 4.66. The van der Waals surface area contributed by atoms with Crippen molar-refractivity contribution in [2.45, 2.75) is 52.4 Å². The molecular weight excluding hydrogens is 299 g/mol. The zero-order chi connectivity index (χ0) is 11.9. The van der Waals surface area contributed by atoms with Crippen LogP contribution in [0.3, 0.4) is 0 Å². The van der Waals surface area contributed by atoms with Crippen molar-refractivity contribution in [2.75, 3.05) is 0 Å². The lowest BCUT2D eigenvalue weighted by Gasteiger charge is -2.22. The Kier molecular flexibility index (Phi) is 3.43. The second-order valence-corrected chi connectivity index (χ2v) is 7.00. The fourth-order valence-corrected chi connectivity index (χ4v) is 1.66. The number of nitrogens with zero attached hydrogens (tertiary/aromatic N) is 2. The third kappa shape index (κ3) is 3.40. The minimum absolute atomic E-state index is 0.0151. The Morgan fingerprint density at radius 2 is 1.47 bits per heavy atom. The fraction of sp³-hybridized carbons (Fsp3) is 0.667. The molecule has 0 atom stereocenters. The summed E-state index contributed by atoms with van der Waals surface area (Å²) in [6.07, 6.45) is 0. The highest BCUT2D eigenvalue weighted by Gasteiger charge is 2.22. The van der Waals surface area contributed by atoms with E-state index in [1.165, 1.54) is 0 Å². The smallest absolute Gasteiger partial charge is 0.135 e. The van der Waals surface area contributed by atoms with Crippen molar-refractivity contribution in [2.24, 2.45) is 0 Å². The Labute approximate surface area is 106 Å². The Morgan fingerprint density at radius 1 is 0.933 bits per heavy atom. The predicted octanol–water partition coefficient (Wildman–Crippen LogP) is 3.68. The summed E-state index contributed by atoms with van der Waals surface area (Å²) < 4.78 is 1.03. The first-order valence-corrected chi connectivity index (χ1v) is 6.24. The van der Waals surface area contributed by atoms with Crippen LogP contribution in [0.1, 0.15) is 53.1 Å². The topological polar surface area (TPSA) is 25.8 Å². The molecular formula is C12H19IN2. The molecule has 0 bridgehead atoms. The van der Waals surface area contributed by atoms with Gasteiger partial charge in [-0.1, -0.05) is 41.5 Å². The van der Waals surface area contributed by atoms with Crippen LogP contribution >= 0.6 is 22.6 Å². The maximum Gasteiger partial charge on any atom is 0.135 e. The SMILES string of the molecule is CC(C)(C)c1cc(I)nc(C(C)(C)C)n1. The standard InChI is InChI=1S/C12H19IN2/c1-11(2,3)8-7-9(13)15-10(14-8)12(4,5)6/h7H,1-6H3. The van der Waals surface area contributed by atoms with Gasteiger partial charge in [-0.3, -0.25) is 0 Å². The van der Waals surface area contributed by atoms with Gasteiger partial charge in [0.15, 0.2) is 0 Å². The monoisotopic (exact) mass is 318 g/mol. The molecule has 0 aliphatic rings. The summed E-state index contributed by atoms with van der Waals surface area (Å²) in [4.78, 5) is 9.15. The van der Waals surface area contributed by atoms with Crippen molar-refractivity contribution in [3.8, 4) is 0 Å². The molecule has 0 unspecified atom stereocenters. The number of aromatic nitrogens is 2. The summed E-state index contributed by atoms with van der Waals surface area (Å²) in [6.45, 7) is 13.0. The quantitative estimate of drug-likeness (QED) is 0.539. The van der Waals surface area contributed by atoms with Gasteiger partial charge < -0.3 is 0 Å². The number of hydrogen-bond donors (Lipinski definition) is 0. The van der Waals surface area contributed by atoms with E-state index < -0.39 is 0 Å². The van der Waals surface area contributed by atoms with Crippen molar-refractivity contribution in [3.05, 3.63) is 21.3 Å². The van der Waals surface area contributed by atoms with Crippen LogP contribution < -0.4 is 0 Å². The summed E-state index contributed by atoms with van der Waals surface area (Å²) >= 11 is 2.26. The molecule has 0 aliphatic heterocycles. The maximum atomic E-state index is 4.66. The highest BCUT2D eigenvalue weighted by atomic mass is 127. The molecule has 0 amide bonds. The molecule has 0 aliphatic carbocycles. The summed E-state index contributed by atoms with van der Waals surface area (Å²) in [5, 5.41) is 0. The Hall–Kier alpha value is -0.190. The van der Waals surface area contributed by atoms with Gasteiger partial charge in [-0.25, -0.2) is 9.97 Å². The normalized spacial score (nSPS) is 13.0.